The minimum atomic E-state index is -1.08. The van der Waals surface area contributed by atoms with Crippen LogP contribution in [0.5, 0.6) is 0 Å². The third-order valence-corrected chi connectivity index (χ3v) is 8.03. The van der Waals surface area contributed by atoms with Crippen LogP contribution in [0.15, 0.2) is 12.1 Å². The predicted molar refractivity (Wildman–Crippen MR) is 142 cm³/mol. The molecule has 208 valence electrons. The number of halogens is 1. The summed E-state index contributed by atoms with van der Waals surface area (Å²) in [5, 5.41) is 5.66. The van der Waals surface area contributed by atoms with E-state index >= 15 is 4.39 Å². The average Bonchev–Trinajstić information content (AvgIpc) is 3.17. The number of nitrogens with zero attached hydrogens (tertiary/aromatic N) is 4. The van der Waals surface area contributed by atoms with E-state index in [0.29, 0.717) is 31.0 Å². The summed E-state index contributed by atoms with van der Waals surface area (Å²) >= 11 is 0. The summed E-state index contributed by atoms with van der Waals surface area (Å²) < 4.78 is 15.2. The number of anilines is 1. The molecule has 0 spiro atoms. The highest BCUT2D eigenvalue weighted by Crippen LogP contribution is 2.32. The van der Waals surface area contributed by atoms with Gasteiger partial charge in [-0.1, -0.05) is 0 Å². The summed E-state index contributed by atoms with van der Waals surface area (Å²) in [6, 6.07) is 1.48. The number of aldehydes is 1. The molecule has 1 unspecified atom stereocenters. The van der Waals surface area contributed by atoms with E-state index in [2.05, 4.69) is 20.4 Å². The topological polar surface area (TPSA) is 105 Å². The number of likely N-dealkylation sites (tertiary alicyclic amines) is 1. The van der Waals surface area contributed by atoms with Crippen molar-refractivity contribution < 1.29 is 23.6 Å². The van der Waals surface area contributed by atoms with Gasteiger partial charge in [-0.3, -0.25) is 24.2 Å². The van der Waals surface area contributed by atoms with Gasteiger partial charge >= 0.3 is 0 Å². The van der Waals surface area contributed by atoms with Crippen molar-refractivity contribution in [3.05, 3.63) is 29.1 Å². The van der Waals surface area contributed by atoms with Gasteiger partial charge in [0, 0.05) is 59.3 Å². The van der Waals surface area contributed by atoms with E-state index in [1.165, 1.54) is 26.0 Å². The molecule has 0 saturated carbocycles. The molecule has 10 nitrogen and oxygen atoms in total. The lowest BCUT2D eigenvalue weighted by Gasteiger charge is -2.39. The summed E-state index contributed by atoms with van der Waals surface area (Å²) in [4.78, 5) is 57.0. The maximum atomic E-state index is 15.2. The normalized spacial score (nSPS) is 20.1. The maximum absolute atomic E-state index is 15.2. The summed E-state index contributed by atoms with van der Waals surface area (Å²) in [5.74, 6) is -1.50. The largest absolute Gasteiger partial charge is 0.367 e. The van der Waals surface area contributed by atoms with E-state index in [-0.39, 0.29) is 29.9 Å². The molecule has 3 heterocycles. The zero-order chi connectivity index (χ0) is 27.2. The van der Waals surface area contributed by atoms with Crippen molar-refractivity contribution in [3.8, 4) is 0 Å². The lowest BCUT2D eigenvalue weighted by molar-refractivity contribution is -0.121. The minimum absolute atomic E-state index is 0.00729. The number of benzene rings is 1. The van der Waals surface area contributed by atoms with Gasteiger partial charge in [0.1, 0.15) is 12.1 Å². The van der Waals surface area contributed by atoms with Crippen LogP contribution in [0.4, 0.5) is 10.1 Å². The summed E-state index contributed by atoms with van der Waals surface area (Å²) in [7, 11) is 3.45. The molecule has 2 fully saturated rings. The van der Waals surface area contributed by atoms with Crippen LogP contribution in [-0.4, -0.2) is 118 Å². The molecule has 3 aliphatic rings. The van der Waals surface area contributed by atoms with Crippen molar-refractivity contribution >= 4 is 29.7 Å². The zero-order valence-corrected chi connectivity index (χ0v) is 22.4. The van der Waals surface area contributed by atoms with Gasteiger partial charge < -0.3 is 25.2 Å². The molecule has 0 aromatic heterocycles. The summed E-state index contributed by atoms with van der Waals surface area (Å²) in [6.07, 6.45) is 2.89. The Hall–Kier alpha value is -2.89. The molecule has 0 radical (unpaired) electrons. The molecule has 3 aliphatic heterocycles. The number of likely N-dealkylation sites (N-methyl/N-ethyl adjacent to an activating group) is 1. The third-order valence-electron chi connectivity index (χ3n) is 8.03. The lowest BCUT2D eigenvalue weighted by Crippen LogP contribution is -2.49. The van der Waals surface area contributed by atoms with E-state index in [1.807, 2.05) is 11.9 Å². The highest BCUT2D eigenvalue weighted by Gasteiger charge is 2.41. The maximum Gasteiger partial charge on any atom is 0.262 e. The van der Waals surface area contributed by atoms with Crippen LogP contribution in [0.2, 0.25) is 0 Å². The Labute approximate surface area is 223 Å². The van der Waals surface area contributed by atoms with Crippen molar-refractivity contribution in [1.82, 2.24) is 25.3 Å². The van der Waals surface area contributed by atoms with Crippen molar-refractivity contribution in [1.29, 1.82) is 0 Å². The number of piperidine rings is 1. The molecule has 0 bridgehead atoms. The third kappa shape index (κ3) is 6.22. The predicted octanol–water partition coefficient (Wildman–Crippen LogP) is 0.569. The summed E-state index contributed by atoms with van der Waals surface area (Å²) in [6.45, 7) is 8.29. The second kappa shape index (κ2) is 12.8. The Bertz CT molecular complexity index is 1040. The Morgan fingerprint density at radius 1 is 1.03 bits per heavy atom. The number of nitrogens with one attached hydrogen (secondary N) is 2. The van der Waals surface area contributed by atoms with E-state index in [1.54, 1.807) is 0 Å². The first-order valence-corrected chi connectivity index (χ1v) is 13.6. The fourth-order valence-corrected chi connectivity index (χ4v) is 5.67. The lowest BCUT2D eigenvalue weighted by atomic mass is 9.96. The molecule has 0 aliphatic carbocycles. The molecule has 11 heteroatoms. The van der Waals surface area contributed by atoms with Gasteiger partial charge in [-0.15, -0.1) is 0 Å². The molecule has 2 saturated heterocycles. The van der Waals surface area contributed by atoms with Crippen LogP contribution < -0.4 is 15.5 Å². The van der Waals surface area contributed by atoms with Crippen LogP contribution in [0.3, 0.4) is 0 Å². The smallest absolute Gasteiger partial charge is 0.262 e. The number of rotatable bonds is 11. The molecule has 2 N–H and O–H groups in total. The summed E-state index contributed by atoms with van der Waals surface area (Å²) in [5.41, 5.74) is 0.366. The van der Waals surface area contributed by atoms with Gasteiger partial charge in [-0.25, -0.2) is 4.39 Å². The van der Waals surface area contributed by atoms with Crippen molar-refractivity contribution in [2.75, 3.05) is 77.9 Å². The SMILES string of the molecule is CNCCN1CCC(CN2CCN(c3cc4c(cc3F)C(=O)N(C(C=O)CCC(=O)NC)C4=O)CC2)CC1. The number of hydrogen-bond donors (Lipinski definition) is 2. The number of piperazine rings is 1. The van der Waals surface area contributed by atoms with Crippen LogP contribution in [-0.2, 0) is 9.59 Å². The number of carbonyl (C=O) groups excluding carboxylic acids is 4. The molecule has 1 aromatic carbocycles. The second-order valence-electron chi connectivity index (χ2n) is 10.4. The number of hydrogen-bond acceptors (Lipinski definition) is 8. The quantitative estimate of drug-likeness (QED) is 0.316. The minimum Gasteiger partial charge on any atom is -0.367 e. The Kier molecular flexibility index (Phi) is 9.45. The number of amides is 3. The fraction of sp³-hybridized carbons (Fsp3) is 0.630. The number of carbonyl (C=O) groups is 4. The van der Waals surface area contributed by atoms with Gasteiger partial charge in [0.05, 0.1) is 22.9 Å². The Balaban J connectivity index is 1.35. The molecular formula is C27H39FN6O4. The highest BCUT2D eigenvalue weighted by molar-refractivity contribution is 6.22. The molecular weight excluding hydrogens is 491 g/mol. The standard InChI is InChI=1S/C27H39FN6O4/c1-29-7-10-31-8-5-19(6-9-31)17-32-11-13-33(14-12-32)24-16-22-21(15-23(24)28)26(37)34(27(22)38)20(18-35)3-4-25(36)30-2/h15-16,18-20,29H,3-14,17H2,1-2H3,(H,30,36). The molecule has 38 heavy (non-hydrogen) atoms. The Morgan fingerprint density at radius 3 is 2.29 bits per heavy atom. The van der Waals surface area contributed by atoms with E-state index < -0.39 is 23.7 Å². The number of fused-ring (bicyclic) bond motifs is 1. The van der Waals surface area contributed by atoms with Crippen molar-refractivity contribution in [3.63, 3.8) is 0 Å². The van der Waals surface area contributed by atoms with Gasteiger partial charge in [0.25, 0.3) is 11.8 Å². The van der Waals surface area contributed by atoms with Gasteiger partial charge in [0.15, 0.2) is 0 Å². The monoisotopic (exact) mass is 530 g/mol. The van der Waals surface area contributed by atoms with Crippen LogP contribution in [0.25, 0.3) is 0 Å². The van der Waals surface area contributed by atoms with Gasteiger partial charge in [-0.2, -0.15) is 0 Å². The molecule has 4 rings (SSSR count). The first kappa shape index (κ1) is 28.1. The van der Waals surface area contributed by atoms with Crippen molar-refractivity contribution in [2.45, 2.75) is 31.7 Å². The molecule has 3 amide bonds. The first-order chi connectivity index (χ1) is 18.4. The van der Waals surface area contributed by atoms with Crippen molar-refractivity contribution in [2.24, 2.45) is 5.92 Å². The second-order valence-corrected chi connectivity index (χ2v) is 10.4. The zero-order valence-electron chi connectivity index (χ0n) is 22.4. The molecule has 1 atom stereocenters. The fourth-order valence-electron chi connectivity index (χ4n) is 5.67. The van der Waals surface area contributed by atoms with E-state index in [0.717, 1.165) is 56.8 Å². The van der Waals surface area contributed by atoms with Gasteiger partial charge in [-0.05, 0) is 57.5 Å². The average molecular weight is 531 g/mol. The van der Waals surface area contributed by atoms with E-state index in [4.69, 9.17) is 0 Å². The first-order valence-electron chi connectivity index (χ1n) is 13.6. The van der Waals surface area contributed by atoms with E-state index in [9.17, 15) is 19.2 Å². The number of imide groups is 1. The van der Waals surface area contributed by atoms with Gasteiger partial charge in [0.2, 0.25) is 5.91 Å². The Morgan fingerprint density at radius 2 is 1.68 bits per heavy atom. The molecule has 1 aromatic rings. The van der Waals surface area contributed by atoms with Crippen LogP contribution >= 0.6 is 0 Å². The highest BCUT2D eigenvalue weighted by atomic mass is 19.1. The van der Waals surface area contributed by atoms with Crippen LogP contribution in [0, 0.1) is 11.7 Å². The van der Waals surface area contributed by atoms with Crippen LogP contribution in [0.1, 0.15) is 46.4 Å².